The summed E-state index contributed by atoms with van der Waals surface area (Å²) >= 11 is 0. The Hall–Kier alpha value is -0.850. The predicted molar refractivity (Wildman–Crippen MR) is 96.5 cm³/mol. The lowest BCUT2D eigenvalue weighted by Gasteiger charge is -2.42. The van der Waals surface area contributed by atoms with Crippen molar-refractivity contribution in [2.45, 2.75) is 50.7 Å². The van der Waals surface area contributed by atoms with E-state index >= 15 is 0 Å². The normalized spacial score (nSPS) is 29.8. The van der Waals surface area contributed by atoms with Crippen LogP contribution in [-0.4, -0.2) is 76.6 Å². The number of hydrogen-bond acceptors (Lipinski definition) is 4. The zero-order valence-corrected chi connectivity index (χ0v) is 15.4. The molecule has 3 fully saturated rings. The third-order valence-corrected chi connectivity index (χ3v) is 6.06. The molecule has 1 aliphatic carbocycles. The first-order valence-electron chi connectivity index (χ1n) is 9.54. The van der Waals surface area contributed by atoms with Crippen molar-refractivity contribution < 1.29 is 9.47 Å². The van der Waals surface area contributed by atoms with Crippen LogP contribution in [0.2, 0.25) is 0 Å². The maximum atomic E-state index is 6.01. The van der Waals surface area contributed by atoms with Gasteiger partial charge in [-0.1, -0.05) is 6.42 Å². The van der Waals surface area contributed by atoms with E-state index in [4.69, 9.17) is 9.47 Å². The van der Waals surface area contributed by atoms with Gasteiger partial charge in [-0.25, -0.2) is 0 Å². The van der Waals surface area contributed by atoms with Gasteiger partial charge in [-0.3, -0.25) is 9.89 Å². The SMILES string of the molecule is CN=C(NCC1CN2CCCC2CO1)NCC1(CCOC)CCC1. The summed E-state index contributed by atoms with van der Waals surface area (Å²) in [4.78, 5) is 6.96. The largest absolute Gasteiger partial charge is 0.385 e. The van der Waals surface area contributed by atoms with Gasteiger partial charge in [0.2, 0.25) is 0 Å². The zero-order valence-electron chi connectivity index (χ0n) is 15.4. The van der Waals surface area contributed by atoms with Gasteiger partial charge in [-0.15, -0.1) is 0 Å². The molecule has 2 atom stereocenters. The minimum atomic E-state index is 0.268. The Bertz CT molecular complexity index is 425. The van der Waals surface area contributed by atoms with Crippen LogP contribution in [0, 0.1) is 5.41 Å². The Balaban J connectivity index is 1.39. The fourth-order valence-corrected chi connectivity index (χ4v) is 4.22. The van der Waals surface area contributed by atoms with Crippen LogP contribution in [0.1, 0.15) is 38.5 Å². The van der Waals surface area contributed by atoms with E-state index in [1.807, 2.05) is 7.05 Å². The van der Waals surface area contributed by atoms with Gasteiger partial charge in [-0.05, 0) is 44.1 Å². The number of morpholine rings is 1. The third-order valence-electron chi connectivity index (χ3n) is 6.06. The van der Waals surface area contributed by atoms with Crippen LogP contribution < -0.4 is 10.6 Å². The van der Waals surface area contributed by atoms with Gasteiger partial charge >= 0.3 is 0 Å². The standard InChI is InChI=1S/C18H34N4O2/c1-19-17(21-14-18(6-4-7-18)8-10-23-2)20-11-16-12-22-9-3-5-15(22)13-24-16/h15-16H,3-14H2,1-2H3,(H2,19,20,21). The Morgan fingerprint density at radius 3 is 2.92 bits per heavy atom. The third kappa shape index (κ3) is 4.41. The molecule has 0 spiro atoms. The average Bonchev–Trinajstić information content (AvgIpc) is 3.03. The molecule has 138 valence electrons. The van der Waals surface area contributed by atoms with Crippen LogP contribution >= 0.6 is 0 Å². The van der Waals surface area contributed by atoms with E-state index in [-0.39, 0.29) is 6.10 Å². The van der Waals surface area contributed by atoms with Gasteiger partial charge in [0.25, 0.3) is 0 Å². The van der Waals surface area contributed by atoms with Crippen LogP contribution in [0.25, 0.3) is 0 Å². The fraction of sp³-hybridized carbons (Fsp3) is 0.944. The van der Waals surface area contributed by atoms with Crippen molar-refractivity contribution >= 4 is 5.96 Å². The Labute approximate surface area is 146 Å². The lowest BCUT2D eigenvalue weighted by Crippen LogP contribution is -2.52. The van der Waals surface area contributed by atoms with Gasteiger partial charge < -0.3 is 20.1 Å². The Morgan fingerprint density at radius 2 is 2.21 bits per heavy atom. The maximum absolute atomic E-state index is 6.01. The van der Waals surface area contributed by atoms with Gasteiger partial charge in [0, 0.05) is 46.4 Å². The first-order chi connectivity index (χ1) is 11.7. The van der Waals surface area contributed by atoms with Crippen molar-refractivity contribution in [1.29, 1.82) is 0 Å². The molecule has 2 heterocycles. The molecule has 1 saturated carbocycles. The second-order valence-electron chi connectivity index (χ2n) is 7.65. The smallest absolute Gasteiger partial charge is 0.191 e. The van der Waals surface area contributed by atoms with Crippen LogP contribution in [0.4, 0.5) is 0 Å². The van der Waals surface area contributed by atoms with E-state index in [9.17, 15) is 0 Å². The van der Waals surface area contributed by atoms with Crippen LogP contribution in [0.5, 0.6) is 0 Å². The summed E-state index contributed by atoms with van der Waals surface area (Å²) in [7, 11) is 3.63. The number of guanidine groups is 1. The van der Waals surface area contributed by atoms with Crippen LogP contribution in [0.15, 0.2) is 4.99 Å². The van der Waals surface area contributed by atoms with Crippen molar-refractivity contribution in [2.24, 2.45) is 10.4 Å². The van der Waals surface area contributed by atoms with Gasteiger partial charge in [-0.2, -0.15) is 0 Å². The molecule has 0 aromatic heterocycles. The summed E-state index contributed by atoms with van der Waals surface area (Å²) in [5.74, 6) is 0.894. The number of ether oxygens (including phenoxy) is 2. The monoisotopic (exact) mass is 338 g/mol. The first kappa shape index (κ1) is 18.0. The summed E-state index contributed by atoms with van der Waals surface area (Å²) < 4.78 is 11.3. The highest BCUT2D eigenvalue weighted by molar-refractivity contribution is 5.79. The van der Waals surface area contributed by atoms with E-state index in [2.05, 4.69) is 20.5 Å². The van der Waals surface area contributed by atoms with E-state index in [0.717, 1.165) is 45.2 Å². The lowest BCUT2D eigenvalue weighted by atomic mass is 9.67. The van der Waals surface area contributed by atoms with Crippen molar-refractivity contribution in [2.75, 3.05) is 53.6 Å². The van der Waals surface area contributed by atoms with E-state index < -0.39 is 0 Å². The summed E-state index contributed by atoms with van der Waals surface area (Å²) in [5.41, 5.74) is 0.401. The van der Waals surface area contributed by atoms with Crippen LogP contribution in [0.3, 0.4) is 0 Å². The molecule has 0 aromatic rings. The molecule has 3 rings (SSSR count). The second kappa shape index (κ2) is 8.50. The molecule has 6 nitrogen and oxygen atoms in total. The quantitative estimate of drug-likeness (QED) is 0.540. The molecule has 2 N–H and O–H groups in total. The van der Waals surface area contributed by atoms with Gasteiger partial charge in [0.1, 0.15) is 0 Å². The number of rotatable bonds is 7. The lowest BCUT2D eigenvalue weighted by molar-refractivity contribution is -0.0453. The second-order valence-corrected chi connectivity index (χ2v) is 7.65. The topological polar surface area (TPSA) is 58.1 Å². The van der Waals surface area contributed by atoms with Gasteiger partial charge in [0.15, 0.2) is 5.96 Å². The first-order valence-corrected chi connectivity index (χ1v) is 9.54. The highest BCUT2D eigenvalue weighted by atomic mass is 16.5. The van der Waals surface area contributed by atoms with Crippen LogP contribution in [-0.2, 0) is 9.47 Å². The van der Waals surface area contributed by atoms with Crippen molar-refractivity contribution in [1.82, 2.24) is 15.5 Å². The van der Waals surface area contributed by atoms with Gasteiger partial charge in [0.05, 0.1) is 12.7 Å². The average molecular weight is 338 g/mol. The number of aliphatic imine (C=N–C) groups is 1. The molecule has 0 aromatic carbocycles. The molecule has 6 heteroatoms. The molecule has 2 saturated heterocycles. The maximum Gasteiger partial charge on any atom is 0.191 e. The minimum Gasteiger partial charge on any atom is -0.385 e. The molecule has 3 aliphatic rings. The molecule has 0 amide bonds. The summed E-state index contributed by atoms with van der Waals surface area (Å²) in [6, 6.07) is 0.665. The molecule has 2 aliphatic heterocycles. The fourth-order valence-electron chi connectivity index (χ4n) is 4.22. The summed E-state index contributed by atoms with van der Waals surface area (Å²) in [6.45, 7) is 5.83. The van der Waals surface area contributed by atoms with E-state index in [0.29, 0.717) is 11.5 Å². The Morgan fingerprint density at radius 1 is 1.33 bits per heavy atom. The van der Waals surface area contributed by atoms with E-state index in [1.54, 1.807) is 7.11 Å². The minimum absolute atomic E-state index is 0.268. The molecule has 2 unspecified atom stereocenters. The predicted octanol–water partition coefficient (Wildman–Crippen LogP) is 1.22. The highest BCUT2D eigenvalue weighted by Crippen LogP contribution is 2.43. The number of nitrogens with zero attached hydrogens (tertiary/aromatic N) is 2. The molecule has 24 heavy (non-hydrogen) atoms. The molecular weight excluding hydrogens is 304 g/mol. The molecular formula is C18H34N4O2. The summed E-state index contributed by atoms with van der Waals surface area (Å²) in [5, 5.41) is 6.97. The molecule has 0 bridgehead atoms. The number of fused-ring (bicyclic) bond motifs is 1. The Kier molecular flexibility index (Phi) is 6.36. The number of hydrogen-bond donors (Lipinski definition) is 2. The summed E-state index contributed by atoms with van der Waals surface area (Å²) in [6.07, 6.45) is 7.95. The molecule has 0 radical (unpaired) electrons. The van der Waals surface area contributed by atoms with Crippen molar-refractivity contribution in [3.63, 3.8) is 0 Å². The van der Waals surface area contributed by atoms with Crippen molar-refractivity contribution in [3.05, 3.63) is 0 Å². The highest BCUT2D eigenvalue weighted by Gasteiger charge is 2.36. The zero-order chi connectivity index (χ0) is 16.8. The van der Waals surface area contributed by atoms with Crippen molar-refractivity contribution in [3.8, 4) is 0 Å². The number of nitrogens with one attached hydrogen (secondary N) is 2. The number of methoxy groups -OCH3 is 1. The van der Waals surface area contributed by atoms with E-state index in [1.165, 1.54) is 38.6 Å².